The molecule has 3 rings (SSSR count). The van der Waals surface area contributed by atoms with Gasteiger partial charge in [-0.3, -0.25) is 15.0 Å². The van der Waals surface area contributed by atoms with E-state index in [2.05, 4.69) is 16.3 Å². The number of hydrogen-bond acceptors (Lipinski definition) is 5. The lowest BCUT2D eigenvalue weighted by Crippen LogP contribution is -2.45. The summed E-state index contributed by atoms with van der Waals surface area (Å²) in [5.41, 5.74) is 2.22. The van der Waals surface area contributed by atoms with E-state index in [0.29, 0.717) is 6.54 Å². The maximum absolute atomic E-state index is 11.0. The molecule has 1 fully saturated rings. The van der Waals surface area contributed by atoms with Crippen LogP contribution in [0, 0.1) is 10.1 Å². The first-order valence-corrected chi connectivity index (χ1v) is 8.00. The Kier molecular flexibility index (Phi) is 6.75. The largest absolute Gasteiger partial charge is 0.496 e. The number of nitro benzene ring substituents is 1. The van der Waals surface area contributed by atoms with Gasteiger partial charge in [0.05, 0.1) is 18.1 Å². The summed E-state index contributed by atoms with van der Waals surface area (Å²) in [6, 6.07) is 15.1. The number of non-ortho nitro benzene ring substituents is 1. The predicted octanol–water partition coefficient (Wildman–Crippen LogP) is 3.17. The van der Waals surface area contributed by atoms with Crippen molar-refractivity contribution >= 4 is 18.1 Å². The standard InChI is InChI=1S/C18H21N3O3.ClH/c1-24-18-8-3-2-7-16(18)17-12-19-9-10-20(17)13-14-5-4-6-15(11-14)21(22)23;/h2-8,11,17,19H,9-10,12-13H2,1H3;1H. The van der Waals surface area contributed by atoms with Crippen molar-refractivity contribution in [3.05, 3.63) is 69.8 Å². The summed E-state index contributed by atoms with van der Waals surface area (Å²) in [6.45, 7) is 3.29. The number of nitrogens with one attached hydrogen (secondary N) is 1. The van der Waals surface area contributed by atoms with Crippen molar-refractivity contribution in [2.24, 2.45) is 0 Å². The number of para-hydroxylation sites is 1. The van der Waals surface area contributed by atoms with Crippen LogP contribution in [-0.2, 0) is 6.54 Å². The van der Waals surface area contributed by atoms with Gasteiger partial charge < -0.3 is 10.1 Å². The first-order chi connectivity index (χ1) is 11.7. The molecule has 0 aromatic heterocycles. The second-order valence-corrected chi connectivity index (χ2v) is 5.86. The molecule has 1 unspecified atom stereocenters. The van der Waals surface area contributed by atoms with E-state index in [1.54, 1.807) is 19.2 Å². The van der Waals surface area contributed by atoms with E-state index in [1.807, 2.05) is 24.3 Å². The monoisotopic (exact) mass is 363 g/mol. The molecule has 1 heterocycles. The average Bonchev–Trinajstić information content (AvgIpc) is 2.62. The molecule has 0 saturated carbocycles. The van der Waals surface area contributed by atoms with E-state index in [-0.39, 0.29) is 29.1 Å². The normalized spacial score (nSPS) is 17.6. The lowest BCUT2D eigenvalue weighted by atomic mass is 10.0. The Morgan fingerprint density at radius 3 is 2.84 bits per heavy atom. The summed E-state index contributed by atoms with van der Waals surface area (Å²) < 4.78 is 5.50. The van der Waals surface area contributed by atoms with Gasteiger partial charge in [-0.25, -0.2) is 0 Å². The van der Waals surface area contributed by atoms with E-state index in [9.17, 15) is 10.1 Å². The minimum atomic E-state index is -0.348. The number of benzene rings is 2. The molecule has 0 bridgehead atoms. The zero-order valence-electron chi connectivity index (χ0n) is 14.1. The molecule has 7 heteroatoms. The number of methoxy groups -OCH3 is 1. The lowest BCUT2D eigenvalue weighted by Gasteiger charge is -2.37. The van der Waals surface area contributed by atoms with Gasteiger partial charge in [-0.15, -0.1) is 12.4 Å². The number of ether oxygens (including phenoxy) is 1. The lowest BCUT2D eigenvalue weighted by molar-refractivity contribution is -0.384. The molecule has 0 spiro atoms. The van der Waals surface area contributed by atoms with E-state index < -0.39 is 0 Å². The molecule has 1 aliphatic rings. The second kappa shape index (κ2) is 8.80. The molecule has 1 N–H and O–H groups in total. The molecule has 1 saturated heterocycles. The van der Waals surface area contributed by atoms with Crippen molar-refractivity contribution in [2.45, 2.75) is 12.6 Å². The summed E-state index contributed by atoms with van der Waals surface area (Å²) in [7, 11) is 1.68. The molecule has 0 radical (unpaired) electrons. The van der Waals surface area contributed by atoms with E-state index >= 15 is 0 Å². The summed E-state index contributed by atoms with van der Waals surface area (Å²) >= 11 is 0. The third kappa shape index (κ3) is 4.48. The average molecular weight is 364 g/mol. The fraction of sp³-hybridized carbons (Fsp3) is 0.333. The van der Waals surface area contributed by atoms with Crippen LogP contribution in [0.25, 0.3) is 0 Å². The van der Waals surface area contributed by atoms with Gasteiger partial charge >= 0.3 is 0 Å². The minimum absolute atomic E-state index is 0. The summed E-state index contributed by atoms with van der Waals surface area (Å²) in [6.07, 6.45) is 0. The van der Waals surface area contributed by atoms with Crippen LogP contribution in [0.2, 0.25) is 0 Å². The fourth-order valence-corrected chi connectivity index (χ4v) is 3.19. The Morgan fingerprint density at radius 1 is 1.28 bits per heavy atom. The Bertz CT molecular complexity index is 726. The minimum Gasteiger partial charge on any atom is -0.496 e. The van der Waals surface area contributed by atoms with Crippen LogP contribution in [-0.4, -0.2) is 36.6 Å². The quantitative estimate of drug-likeness (QED) is 0.652. The molecule has 1 aliphatic heterocycles. The Hall–Kier alpha value is -2.15. The van der Waals surface area contributed by atoms with E-state index in [1.165, 1.54) is 6.07 Å². The van der Waals surface area contributed by atoms with Crippen LogP contribution in [0.5, 0.6) is 5.75 Å². The zero-order chi connectivity index (χ0) is 16.9. The Morgan fingerprint density at radius 2 is 2.08 bits per heavy atom. The number of hydrogen-bond donors (Lipinski definition) is 1. The molecule has 2 aromatic rings. The number of rotatable bonds is 5. The van der Waals surface area contributed by atoms with Crippen LogP contribution in [0.4, 0.5) is 5.69 Å². The van der Waals surface area contributed by atoms with Gasteiger partial charge in [-0.2, -0.15) is 0 Å². The topological polar surface area (TPSA) is 67.6 Å². The van der Waals surface area contributed by atoms with Gasteiger partial charge in [-0.05, 0) is 11.6 Å². The van der Waals surface area contributed by atoms with Crippen LogP contribution in [0.3, 0.4) is 0 Å². The SMILES string of the molecule is COc1ccccc1C1CNCCN1Cc1cccc([N+](=O)[O-])c1.Cl. The molecule has 25 heavy (non-hydrogen) atoms. The number of halogens is 1. The smallest absolute Gasteiger partial charge is 0.269 e. The molecule has 2 aromatic carbocycles. The zero-order valence-corrected chi connectivity index (χ0v) is 14.9. The first-order valence-electron chi connectivity index (χ1n) is 8.00. The van der Waals surface area contributed by atoms with Crippen molar-refractivity contribution in [1.82, 2.24) is 10.2 Å². The third-order valence-corrected chi connectivity index (χ3v) is 4.36. The van der Waals surface area contributed by atoms with Gasteiger partial charge in [0, 0.05) is 43.9 Å². The molecular formula is C18H22ClN3O3. The fourth-order valence-electron chi connectivity index (χ4n) is 3.19. The van der Waals surface area contributed by atoms with E-state index in [0.717, 1.165) is 36.5 Å². The molecule has 0 aliphatic carbocycles. The maximum Gasteiger partial charge on any atom is 0.269 e. The van der Waals surface area contributed by atoms with Gasteiger partial charge in [0.1, 0.15) is 5.75 Å². The van der Waals surface area contributed by atoms with Crippen molar-refractivity contribution in [3.8, 4) is 5.75 Å². The van der Waals surface area contributed by atoms with Gasteiger partial charge in [0.2, 0.25) is 0 Å². The van der Waals surface area contributed by atoms with Crippen LogP contribution in [0.1, 0.15) is 17.2 Å². The van der Waals surface area contributed by atoms with Crippen LogP contribution in [0.15, 0.2) is 48.5 Å². The molecular weight excluding hydrogens is 342 g/mol. The van der Waals surface area contributed by atoms with Gasteiger partial charge in [0.25, 0.3) is 5.69 Å². The predicted molar refractivity (Wildman–Crippen MR) is 99.4 cm³/mol. The molecule has 0 amide bonds. The van der Waals surface area contributed by atoms with Crippen LogP contribution < -0.4 is 10.1 Å². The van der Waals surface area contributed by atoms with Gasteiger partial charge in [-0.1, -0.05) is 30.3 Å². The summed E-state index contributed by atoms with van der Waals surface area (Å²) in [5.74, 6) is 0.871. The van der Waals surface area contributed by atoms with Crippen molar-refractivity contribution in [3.63, 3.8) is 0 Å². The first kappa shape index (κ1) is 19.2. The third-order valence-electron chi connectivity index (χ3n) is 4.36. The number of nitrogens with zero attached hydrogens (tertiary/aromatic N) is 2. The van der Waals surface area contributed by atoms with E-state index in [4.69, 9.17) is 4.74 Å². The van der Waals surface area contributed by atoms with Gasteiger partial charge in [0.15, 0.2) is 0 Å². The summed E-state index contributed by atoms with van der Waals surface area (Å²) in [4.78, 5) is 13.0. The highest BCUT2D eigenvalue weighted by molar-refractivity contribution is 5.85. The van der Waals surface area contributed by atoms with Crippen molar-refractivity contribution in [1.29, 1.82) is 0 Å². The molecule has 134 valence electrons. The van der Waals surface area contributed by atoms with Crippen molar-refractivity contribution < 1.29 is 9.66 Å². The number of nitro groups is 1. The Balaban J connectivity index is 0.00000225. The molecule has 6 nitrogen and oxygen atoms in total. The number of piperazine rings is 1. The van der Waals surface area contributed by atoms with Crippen LogP contribution >= 0.6 is 12.4 Å². The highest BCUT2D eigenvalue weighted by Gasteiger charge is 2.26. The highest BCUT2D eigenvalue weighted by atomic mass is 35.5. The second-order valence-electron chi connectivity index (χ2n) is 5.86. The highest BCUT2D eigenvalue weighted by Crippen LogP contribution is 2.31. The molecule has 1 atom stereocenters. The Labute approximate surface area is 153 Å². The van der Waals surface area contributed by atoms with Crippen molar-refractivity contribution in [2.75, 3.05) is 26.7 Å². The summed E-state index contributed by atoms with van der Waals surface area (Å²) in [5, 5.41) is 14.4. The maximum atomic E-state index is 11.0.